The van der Waals surface area contributed by atoms with Crippen molar-refractivity contribution in [3.8, 4) is 5.75 Å². The van der Waals surface area contributed by atoms with Gasteiger partial charge in [-0.3, -0.25) is 0 Å². The van der Waals surface area contributed by atoms with Crippen LogP contribution in [0.15, 0.2) is 30.8 Å². The Kier molecular flexibility index (Phi) is 7.99. The van der Waals surface area contributed by atoms with Gasteiger partial charge in [0.15, 0.2) is 0 Å². The van der Waals surface area contributed by atoms with Gasteiger partial charge in [0.05, 0.1) is 6.61 Å². The van der Waals surface area contributed by atoms with Crippen LogP contribution in [-0.2, 0) is 0 Å². The van der Waals surface area contributed by atoms with E-state index in [1.165, 1.54) is 19.4 Å². The Bertz CT molecular complexity index is 358. The molecule has 19 heavy (non-hydrogen) atoms. The molecule has 0 amide bonds. The second-order valence-electron chi connectivity index (χ2n) is 4.68. The molecule has 0 saturated carbocycles. The van der Waals surface area contributed by atoms with Crippen LogP contribution in [-0.4, -0.2) is 31.1 Å². The van der Waals surface area contributed by atoms with Gasteiger partial charge in [-0.15, -0.1) is 0 Å². The van der Waals surface area contributed by atoms with Crippen LogP contribution in [0.5, 0.6) is 5.75 Å². The maximum absolute atomic E-state index is 5.80. The lowest BCUT2D eigenvalue weighted by Crippen LogP contribution is -2.23. The van der Waals surface area contributed by atoms with E-state index < -0.39 is 0 Å². The number of nitrogens with zero attached hydrogens (tertiary/aromatic N) is 1. The highest BCUT2D eigenvalue weighted by Crippen LogP contribution is 2.19. The van der Waals surface area contributed by atoms with Gasteiger partial charge < -0.3 is 9.64 Å². The molecule has 1 aromatic carbocycles. The summed E-state index contributed by atoms with van der Waals surface area (Å²) in [5, 5.41) is 0. The average Bonchev–Trinajstić information content (AvgIpc) is 2.47. The number of rotatable bonds is 10. The first-order valence-corrected chi connectivity index (χ1v) is 7.38. The lowest BCUT2D eigenvalue weighted by atomic mass is 10.2. The molecule has 0 atom stereocenters. The molecule has 2 nitrogen and oxygen atoms in total. The normalized spacial score (nSPS) is 10.7. The van der Waals surface area contributed by atoms with Crippen LogP contribution in [0.25, 0.3) is 6.08 Å². The molecule has 0 N–H and O–H groups in total. The van der Waals surface area contributed by atoms with Crippen LogP contribution in [0.3, 0.4) is 0 Å². The van der Waals surface area contributed by atoms with Crippen molar-refractivity contribution in [2.24, 2.45) is 0 Å². The summed E-state index contributed by atoms with van der Waals surface area (Å²) in [7, 11) is 0. The summed E-state index contributed by atoms with van der Waals surface area (Å²) in [5.41, 5.74) is 1.07. The van der Waals surface area contributed by atoms with Crippen molar-refractivity contribution in [2.45, 2.75) is 33.1 Å². The van der Waals surface area contributed by atoms with Crippen molar-refractivity contribution in [2.75, 3.05) is 26.2 Å². The van der Waals surface area contributed by atoms with Gasteiger partial charge in [0.2, 0.25) is 0 Å². The number of hydrogen-bond donors (Lipinski definition) is 0. The highest BCUT2D eigenvalue weighted by molar-refractivity contribution is 5.55. The first-order chi connectivity index (χ1) is 9.31. The third-order valence-electron chi connectivity index (χ3n) is 3.41. The Balaban J connectivity index is 2.15. The molecule has 0 aliphatic rings. The molecule has 0 radical (unpaired) electrons. The molecule has 0 unspecified atom stereocenters. The predicted octanol–water partition coefficient (Wildman–Crippen LogP) is 4.22. The van der Waals surface area contributed by atoms with Gasteiger partial charge in [-0.2, -0.15) is 0 Å². The van der Waals surface area contributed by atoms with Gasteiger partial charge in [-0.1, -0.05) is 44.7 Å². The molecule has 0 spiro atoms. The first kappa shape index (κ1) is 15.8. The molecule has 2 heteroatoms. The average molecular weight is 261 g/mol. The summed E-state index contributed by atoms with van der Waals surface area (Å²) >= 11 is 0. The summed E-state index contributed by atoms with van der Waals surface area (Å²) in [6.07, 6.45) is 5.45. The van der Waals surface area contributed by atoms with E-state index in [1.807, 2.05) is 30.3 Å². The topological polar surface area (TPSA) is 12.5 Å². The zero-order valence-electron chi connectivity index (χ0n) is 12.4. The molecule has 0 aliphatic carbocycles. The Morgan fingerprint density at radius 3 is 2.53 bits per heavy atom. The third kappa shape index (κ3) is 5.93. The zero-order chi connectivity index (χ0) is 13.9. The van der Waals surface area contributed by atoms with E-state index >= 15 is 0 Å². The number of unbranched alkanes of at least 4 members (excludes halogenated alkanes) is 2. The van der Waals surface area contributed by atoms with Crippen LogP contribution < -0.4 is 4.74 Å². The summed E-state index contributed by atoms with van der Waals surface area (Å²) in [6, 6.07) is 8.05. The second kappa shape index (κ2) is 9.62. The van der Waals surface area contributed by atoms with Crippen molar-refractivity contribution in [3.63, 3.8) is 0 Å². The van der Waals surface area contributed by atoms with Crippen LogP contribution >= 0.6 is 0 Å². The summed E-state index contributed by atoms with van der Waals surface area (Å²) in [6.45, 7) is 12.5. The molecule has 0 aromatic heterocycles. The van der Waals surface area contributed by atoms with Gasteiger partial charge in [-0.25, -0.2) is 0 Å². The fraction of sp³-hybridized carbons (Fsp3) is 0.529. The molecule has 0 heterocycles. The van der Waals surface area contributed by atoms with E-state index in [0.717, 1.165) is 37.4 Å². The Labute approximate surface area is 118 Å². The molecule has 0 saturated heterocycles. The Hall–Kier alpha value is -1.28. The lowest BCUT2D eigenvalue weighted by Gasteiger charge is -2.17. The van der Waals surface area contributed by atoms with Crippen molar-refractivity contribution in [3.05, 3.63) is 36.4 Å². The second-order valence-corrected chi connectivity index (χ2v) is 4.68. The fourth-order valence-corrected chi connectivity index (χ4v) is 2.12. The maximum atomic E-state index is 5.80. The number of benzene rings is 1. The van der Waals surface area contributed by atoms with Crippen molar-refractivity contribution in [1.29, 1.82) is 0 Å². The fourth-order valence-electron chi connectivity index (χ4n) is 2.12. The molecule has 1 aromatic rings. The SMILES string of the molecule is C=Cc1ccccc1OCCCCCN(CC)CC. The summed E-state index contributed by atoms with van der Waals surface area (Å²) in [5.74, 6) is 0.946. The predicted molar refractivity (Wildman–Crippen MR) is 83.7 cm³/mol. The van der Waals surface area contributed by atoms with Crippen LogP contribution in [0.2, 0.25) is 0 Å². The van der Waals surface area contributed by atoms with Crippen LogP contribution in [0.1, 0.15) is 38.7 Å². The van der Waals surface area contributed by atoms with E-state index in [9.17, 15) is 0 Å². The molecule has 1 rings (SSSR count). The molecule has 0 fully saturated rings. The monoisotopic (exact) mass is 261 g/mol. The van der Waals surface area contributed by atoms with Crippen LogP contribution in [0, 0.1) is 0 Å². The van der Waals surface area contributed by atoms with Gasteiger partial charge in [0.1, 0.15) is 5.75 Å². The lowest BCUT2D eigenvalue weighted by molar-refractivity contribution is 0.277. The largest absolute Gasteiger partial charge is 0.493 e. The van der Waals surface area contributed by atoms with Crippen molar-refractivity contribution >= 4 is 6.08 Å². The molecule has 106 valence electrons. The summed E-state index contributed by atoms with van der Waals surface area (Å²) in [4.78, 5) is 2.47. The smallest absolute Gasteiger partial charge is 0.126 e. The minimum absolute atomic E-state index is 0.795. The minimum Gasteiger partial charge on any atom is -0.493 e. The highest BCUT2D eigenvalue weighted by Gasteiger charge is 2.00. The third-order valence-corrected chi connectivity index (χ3v) is 3.41. The molecular weight excluding hydrogens is 234 g/mol. The van der Waals surface area contributed by atoms with Gasteiger partial charge in [-0.05, 0) is 45.0 Å². The number of para-hydroxylation sites is 1. The number of hydrogen-bond acceptors (Lipinski definition) is 2. The van der Waals surface area contributed by atoms with E-state index in [-0.39, 0.29) is 0 Å². The van der Waals surface area contributed by atoms with Gasteiger partial charge in [0, 0.05) is 5.56 Å². The van der Waals surface area contributed by atoms with E-state index in [2.05, 4.69) is 25.3 Å². The first-order valence-electron chi connectivity index (χ1n) is 7.38. The Morgan fingerprint density at radius 2 is 1.84 bits per heavy atom. The van der Waals surface area contributed by atoms with E-state index in [1.54, 1.807) is 0 Å². The zero-order valence-corrected chi connectivity index (χ0v) is 12.4. The Morgan fingerprint density at radius 1 is 1.11 bits per heavy atom. The van der Waals surface area contributed by atoms with Gasteiger partial charge in [0.25, 0.3) is 0 Å². The number of ether oxygens (including phenoxy) is 1. The quantitative estimate of drug-likeness (QED) is 0.585. The van der Waals surface area contributed by atoms with Gasteiger partial charge >= 0.3 is 0 Å². The van der Waals surface area contributed by atoms with Crippen LogP contribution in [0.4, 0.5) is 0 Å². The van der Waals surface area contributed by atoms with E-state index in [4.69, 9.17) is 4.74 Å². The molecule has 0 bridgehead atoms. The summed E-state index contributed by atoms with van der Waals surface area (Å²) < 4.78 is 5.80. The minimum atomic E-state index is 0.795. The van der Waals surface area contributed by atoms with E-state index in [0.29, 0.717) is 0 Å². The maximum Gasteiger partial charge on any atom is 0.126 e. The molecule has 0 aliphatic heterocycles. The highest BCUT2D eigenvalue weighted by atomic mass is 16.5. The van der Waals surface area contributed by atoms with Crippen molar-refractivity contribution < 1.29 is 4.74 Å². The van der Waals surface area contributed by atoms with Crippen molar-refractivity contribution in [1.82, 2.24) is 4.90 Å². The molecular formula is C17H27NO. The standard InChI is InChI=1S/C17H27NO/c1-4-16-12-8-9-13-17(16)19-15-11-7-10-14-18(5-2)6-3/h4,8-9,12-13H,1,5-7,10-11,14-15H2,2-3H3.